The van der Waals surface area contributed by atoms with E-state index in [0.717, 1.165) is 31.7 Å². The van der Waals surface area contributed by atoms with Crippen molar-refractivity contribution < 1.29 is 9.18 Å². The molecule has 1 aromatic rings. The zero-order valence-electron chi connectivity index (χ0n) is 11.6. The number of primary amides is 1. The minimum Gasteiger partial charge on any atom is -0.398 e. The van der Waals surface area contributed by atoms with E-state index in [0.29, 0.717) is 5.69 Å². The van der Waals surface area contributed by atoms with Crippen molar-refractivity contribution in [3.63, 3.8) is 0 Å². The molecule has 5 heteroatoms. The second-order valence-electron chi connectivity index (χ2n) is 5.47. The quantitative estimate of drug-likeness (QED) is 0.744. The van der Waals surface area contributed by atoms with Crippen LogP contribution >= 0.6 is 0 Å². The predicted molar refractivity (Wildman–Crippen MR) is 79.1 cm³/mol. The Labute approximate surface area is 118 Å². The molecular formula is C15H22FN3O. The highest BCUT2D eigenvalue weighted by Gasteiger charge is 2.16. The van der Waals surface area contributed by atoms with E-state index >= 15 is 0 Å². The first kappa shape index (κ1) is 14.6. The molecule has 1 saturated carbocycles. The number of nitrogens with two attached hydrogens (primary N) is 2. The summed E-state index contributed by atoms with van der Waals surface area (Å²) in [5.41, 5.74) is 11.4. The lowest BCUT2D eigenvalue weighted by atomic mass is 9.96. The van der Waals surface area contributed by atoms with Crippen LogP contribution < -0.4 is 16.8 Å². The first-order valence-electron chi connectivity index (χ1n) is 7.23. The minimum atomic E-state index is -0.636. The topological polar surface area (TPSA) is 81.1 Å². The molecule has 110 valence electrons. The number of nitrogens with one attached hydrogen (secondary N) is 1. The van der Waals surface area contributed by atoms with Crippen LogP contribution in [0.1, 0.15) is 55.3 Å². The SMILES string of the molecule is NC(=O)c1cc(NC2CCCCCCC2)c(F)cc1N. The van der Waals surface area contributed by atoms with E-state index in [4.69, 9.17) is 11.5 Å². The Morgan fingerprint density at radius 3 is 2.35 bits per heavy atom. The van der Waals surface area contributed by atoms with Crippen LogP contribution in [-0.4, -0.2) is 11.9 Å². The Balaban J connectivity index is 2.14. The van der Waals surface area contributed by atoms with E-state index in [-0.39, 0.29) is 17.3 Å². The number of nitrogen functional groups attached to an aromatic ring is 1. The monoisotopic (exact) mass is 279 g/mol. The fourth-order valence-corrected chi connectivity index (χ4v) is 2.73. The molecule has 1 aliphatic rings. The van der Waals surface area contributed by atoms with E-state index in [9.17, 15) is 9.18 Å². The molecule has 0 atom stereocenters. The third-order valence-corrected chi connectivity index (χ3v) is 3.87. The van der Waals surface area contributed by atoms with Gasteiger partial charge in [-0.05, 0) is 25.0 Å². The van der Waals surface area contributed by atoms with Crippen LogP contribution in [-0.2, 0) is 0 Å². The van der Waals surface area contributed by atoms with Crippen LogP contribution in [0.3, 0.4) is 0 Å². The maximum atomic E-state index is 13.9. The van der Waals surface area contributed by atoms with Gasteiger partial charge in [-0.15, -0.1) is 0 Å². The van der Waals surface area contributed by atoms with E-state index in [1.807, 2.05) is 0 Å². The molecule has 0 spiro atoms. The number of hydrogen-bond donors (Lipinski definition) is 3. The first-order chi connectivity index (χ1) is 9.58. The van der Waals surface area contributed by atoms with Crippen molar-refractivity contribution in [2.75, 3.05) is 11.1 Å². The third-order valence-electron chi connectivity index (χ3n) is 3.87. The van der Waals surface area contributed by atoms with Gasteiger partial charge in [-0.3, -0.25) is 4.79 Å². The fraction of sp³-hybridized carbons (Fsp3) is 0.533. The summed E-state index contributed by atoms with van der Waals surface area (Å²) in [6, 6.07) is 2.83. The second-order valence-corrected chi connectivity index (χ2v) is 5.47. The van der Waals surface area contributed by atoms with Crippen molar-refractivity contribution in [2.24, 2.45) is 5.73 Å². The number of halogens is 1. The molecule has 0 radical (unpaired) electrons. The number of carbonyl (C=O) groups is 1. The van der Waals surface area contributed by atoms with Gasteiger partial charge >= 0.3 is 0 Å². The van der Waals surface area contributed by atoms with Gasteiger partial charge < -0.3 is 16.8 Å². The zero-order chi connectivity index (χ0) is 14.5. The van der Waals surface area contributed by atoms with Gasteiger partial charge in [-0.25, -0.2) is 4.39 Å². The highest BCUT2D eigenvalue weighted by Crippen LogP contribution is 2.25. The predicted octanol–water partition coefficient (Wildman–Crippen LogP) is 3.03. The molecule has 0 unspecified atom stereocenters. The van der Waals surface area contributed by atoms with Crippen LogP contribution in [0.15, 0.2) is 12.1 Å². The van der Waals surface area contributed by atoms with E-state index < -0.39 is 11.7 Å². The van der Waals surface area contributed by atoms with Gasteiger partial charge in [0.05, 0.1) is 11.3 Å². The standard InChI is InChI=1S/C15H22FN3O/c16-12-9-13(17)11(15(18)20)8-14(12)19-10-6-4-2-1-3-5-7-10/h8-10,19H,1-7,17H2,(H2,18,20). The Kier molecular flexibility index (Phi) is 4.82. The lowest BCUT2D eigenvalue weighted by Crippen LogP contribution is -2.22. The Bertz CT molecular complexity index is 482. The van der Waals surface area contributed by atoms with Gasteiger partial charge in [0.25, 0.3) is 5.91 Å². The number of carbonyl (C=O) groups excluding carboxylic acids is 1. The lowest BCUT2D eigenvalue weighted by molar-refractivity contribution is 0.100. The van der Waals surface area contributed by atoms with Gasteiger partial charge in [0.2, 0.25) is 0 Å². The van der Waals surface area contributed by atoms with Crippen molar-refractivity contribution in [3.8, 4) is 0 Å². The molecule has 4 nitrogen and oxygen atoms in total. The van der Waals surface area contributed by atoms with E-state index in [1.165, 1.54) is 25.3 Å². The molecule has 0 aromatic heterocycles. The summed E-state index contributed by atoms with van der Waals surface area (Å²) in [4.78, 5) is 11.3. The average molecular weight is 279 g/mol. The maximum Gasteiger partial charge on any atom is 0.250 e. The summed E-state index contributed by atoms with van der Waals surface area (Å²) in [6.45, 7) is 0. The van der Waals surface area contributed by atoms with Gasteiger partial charge in [0.1, 0.15) is 5.82 Å². The average Bonchev–Trinajstić information content (AvgIpc) is 2.34. The van der Waals surface area contributed by atoms with E-state index in [1.54, 1.807) is 0 Å². The molecule has 0 heterocycles. The molecule has 1 aliphatic carbocycles. The van der Waals surface area contributed by atoms with E-state index in [2.05, 4.69) is 5.32 Å². The van der Waals surface area contributed by atoms with Gasteiger partial charge in [0, 0.05) is 11.7 Å². The molecule has 20 heavy (non-hydrogen) atoms. The molecule has 1 aromatic carbocycles. The minimum absolute atomic E-state index is 0.0817. The van der Waals surface area contributed by atoms with Crippen molar-refractivity contribution in [1.82, 2.24) is 0 Å². The van der Waals surface area contributed by atoms with Gasteiger partial charge in [0.15, 0.2) is 0 Å². The molecular weight excluding hydrogens is 257 g/mol. The van der Waals surface area contributed by atoms with Gasteiger partial charge in [-0.2, -0.15) is 0 Å². The molecule has 1 amide bonds. The third kappa shape index (κ3) is 3.62. The number of rotatable bonds is 3. The molecule has 0 saturated heterocycles. The molecule has 2 rings (SSSR count). The zero-order valence-corrected chi connectivity index (χ0v) is 11.6. The summed E-state index contributed by atoms with van der Waals surface area (Å²) in [5, 5.41) is 3.20. The smallest absolute Gasteiger partial charge is 0.250 e. The summed E-state index contributed by atoms with van der Waals surface area (Å²) in [6.07, 6.45) is 8.10. The number of anilines is 2. The van der Waals surface area contributed by atoms with Crippen molar-refractivity contribution in [3.05, 3.63) is 23.5 Å². The molecule has 1 fully saturated rings. The summed E-state index contributed by atoms with van der Waals surface area (Å²) in [7, 11) is 0. The second kappa shape index (κ2) is 6.59. The summed E-state index contributed by atoms with van der Waals surface area (Å²) >= 11 is 0. The van der Waals surface area contributed by atoms with Crippen LogP contribution in [0.5, 0.6) is 0 Å². The van der Waals surface area contributed by atoms with Crippen LogP contribution in [0.2, 0.25) is 0 Å². The van der Waals surface area contributed by atoms with Gasteiger partial charge in [-0.1, -0.05) is 32.1 Å². The fourth-order valence-electron chi connectivity index (χ4n) is 2.73. The van der Waals surface area contributed by atoms with Crippen LogP contribution in [0, 0.1) is 5.82 Å². The van der Waals surface area contributed by atoms with Crippen molar-refractivity contribution in [1.29, 1.82) is 0 Å². The van der Waals surface area contributed by atoms with Crippen molar-refractivity contribution in [2.45, 2.75) is 51.0 Å². The molecule has 0 bridgehead atoms. The highest BCUT2D eigenvalue weighted by molar-refractivity contribution is 5.99. The lowest BCUT2D eigenvalue weighted by Gasteiger charge is -2.23. The largest absolute Gasteiger partial charge is 0.398 e. The van der Waals surface area contributed by atoms with Crippen LogP contribution in [0.4, 0.5) is 15.8 Å². The highest BCUT2D eigenvalue weighted by atomic mass is 19.1. The molecule has 5 N–H and O–H groups in total. The van der Waals surface area contributed by atoms with Crippen molar-refractivity contribution >= 4 is 17.3 Å². The molecule has 0 aliphatic heterocycles. The maximum absolute atomic E-state index is 13.9. The summed E-state index contributed by atoms with van der Waals surface area (Å²) in [5.74, 6) is -1.07. The normalized spacial score (nSPS) is 17.2. The Morgan fingerprint density at radius 2 is 1.75 bits per heavy atom. The number of hydrogen-bond acceptors (Lipinski definition) is 3. The number of amides is 1. The first-order valence-corrected chi connectivity index (χ1v) is 7.23. The van der Waals surface area contributed by atoms with Crippen LogP contribution in [0.25, 0.3) is 0 Å². The summed E-state index contributed by atoms with van der Waals surface area (Å²) < 4.78 is 13.9. The Hall–Kier alpha value is -1.78. The number of benzene rings is 1. The Morgan fingerprint density at radius 1 is 1.15 bits per heavy atom.